The Balaban J connectivity index is 2.21. The molecule has 0 bridgehead atoms. The topological polar surface area (TPSA) is 69.7 Å². The van der Waals surface area contributed by atoms with E-state index in [1.165, 1.54) is 0 Å². The fourth-order valence-electron chi connectivity index (χ4n) is 3.28. The van der Waals surface area contributed by atoms with Gasteiger partial charge < -0.3 is 18.5 Å². The summed E-state index contributed by atoms with van der Waals surface area (Å²) in [7, 11) is 1.69. The van der Waals surface area contributed by atoms with Crippen LogP contribution in [-0.4, -0.2) is 49.4 Å². The highest BCUT2D eigenvalue weighted by atomic mass is 79.9. The Morgan fingerprint density at radius 2 is 1.71 bits per heavy atom. The highest BCUT2D eigenvalue weighted by Gasteiger charge is 2.75. The number of benzene rings is 1. The minimum atomic E-state index is -2.55. The van der Waals surface area contributed by atoms with E-state index in [4.69, 9.17) is 9.31 Å². The van der Waals surface area contributed by atoms with Crippen molar-refractivity contribution in [1.82, 2.24) is 0 Å². The molecule has 0 unspecified atom stereocenters. The van der Waals surface area contributed by atoms with Gasteiger partial charge in [0.2, 0.25) is 0 Å². The highest BCUT2D eigenvalue weighted by Crippen LogP contribution is 2.49. The summed E-state index contributed by atoms with van der Waals surface area (Å²) in [6.45, 7) is -2.55. The van der Waals surface area contributed by atoms with E-state index in [1.54, 1.807) is 31.3 Å². The number of carbonyl (C=O) groups excluding carboxylic acids is 3. The molecular weight excluding hydrogens is 341 g/mol. The van der Waals surface area contributed by atoms with Gasteiger partial charge in [0.05, 0.1) is 0 Å². The quantitative estimate of drug-likeness (QED) is 0.450. The van der Waals surface area contributed by atoms with Crippen LogP contribution in [0.3, 0.4) is 0 Å². The van der Waals surface area contributed by atoms with Crippen LogP contribution in [0.25, 0.3) is 0 Å². The van der Waals surface area contributed by atoms with Crippen LogP contribution in [0.15, 0.2) is 30.3 Å². The number of carbonyl (C=O) groups is 3. The van der Waals surface area contributed by atoms with Gasteiger partial charge in [0, 0.05) is 7.05 Å². The monoisotopic (exact) mass is 353 g/mol. The molecule has 2 aliphatic heterocycles. The average Bonchev–Trinajstić information content (AvgIpc) is 2.83. The minimum absolute atomic E-state index is 0.000235. The van der Waals surface area contributed by atoms with Gasteiger partial charge in [0.1, 0.15) is 23.6 Å². The van der Waals surface area contributed by atoms with Crippen LogP contribution in [0.5, 0.6) is 0 Å². The zero-order valence-corrected chi connectivity index (χ0v) is 12.9. The summed E-state index contributed by atoms with van der Waals surface area (Å²) in [5.74, 6) is -0.960. The fraction of sp³-hybridized carbons (Fsp3) is 0.308. The van der Waals surface area contributed by atoms with Crippen molar-refractivity contribution in [1.29, 1.82) is 0 Å². The van der Waals surface area contributed by atoms with Gasteiger partial charge in [-0.25, -0.2) is 0 Å². The van der Waals surface area contributed by atoms with Crippen LogP contribution in [0.4, 0.5) is 0 Å². The molecule has 8 heteroatoms. The van der Waals surface area contributed by atoms with Gasteiger partial charge in [-0.3, -0.25) is 9.59 Å². The Bertz CT molecular complexity index is 617. The lowest BCUT2D eigenvalue weighted by atomic mass is 9.53. The first-order valence-corrected chi connectivity index (χ1v) is 7.29. The van der Waals surface area contributed by atoms with E-state index in [9.17, 15) is 14.4 Å². The number of hydrogen-bond donors (Lipinski definition) is 0. The molecule has 0 aliphatic carbocycles. The first kappa shape index (κ1) is 14.3. The molecule has 0 N–H and O–H groups in total. The van der Waals surface area contributed by atoms with Crippen molar-refractivity contribution in [3.05, 3.63) is 35.9 Å². The molecular formula is C13H13BBrNO5. The molecule has 1 aromatic rings. The van der Waals surface area contributed by atoms with Crippen LogP contribution in [-0.2, 0) is 27.9 Å². The second kappa shape index (κ2) is 4.41. The Kier molecular flexibility index (Phi) is 3.00. The minimum Gasteiger partial charge on any atom is -0.599 e. The van der Waals surface area contributed by atoms with E-state index in [0.717, 1.165) is 0 Å². The van der Waals surface area contributed by atoms with E-state index in [2.05, 4.69) is 15.9 Å². The Labute approximate surface area is 129 Å². The third kappa shape index (κ3) is 1.72. The first-order chi connectivity index (χ1) is 9.87. The molecule has 0 amide bonds. The Morgan fingerprint density at radius 1 is 1.19 bits per heavy atom. The van der Waals surface area contributed by atoms with Crippen molar-refractivity contribution in [3.8, 4) is 0 Å². The summed E-state index contributed by atoms with van der Waals surface area (Å²) in [6, 6.07) is 8.78. The molecule has 0 aromatic heterocycles. The standard InChI is InChI=1S/C13H13BBrNO5/c1-16-7-11(18)20-14(16,21-12(19)8-16)13(15,9-17)10-5-3-2-4-6-10/h2-6,9H,7-8H2,1H3/t13-,14?,16?/m0/s1. The number of quaternary nitrogens is 1. The summed E-state index contributed by atoms with van der Waals surface area (Å²) in [4.78, 5) is 35.5. The lowest BCUT2D eigenvalue weighted by molar-refractivity contribution is -0.794. The van der Waals surface area contributed by atoms with Crippen molar-refractivity contribution < 1.29 is 28.1 Å². The van der Waals surface area contributed by atoms with Crippen LogP contribution < -0.4 is 0 Å². The molecule has 2 saturated heterocycles. The number of fused-ring (bicyclic) bond motifs is 1. The second-order valence-corrected chi connectivity index (χ2v) is 7.01. The van der Waals surface area contributed by atoms with Crippen molar-refractivity contribution in [3.63, 3.8) is 0 Å². The van der Waals surface area contributed by atoms with Gasteiger partial charge in [-0.1, -0.05) is 46.3 Å². The summed E-state index contributed by atoms with van der Waals surface area (Å²) < 4.78 is 9.40. The van der Waals surface area contributed by atoms with Gasteiger partial charge in [-0.05, 0) is 5.56 Å². The molecule has 110 valence electrons. The van der Waals surface area contributed by atoms with Gasteiger partial charge in [0.25, 0.3) is 0 Å². The maximum absolute atomic E-state index is 11.9. The number of aldehydes is 1. The van der Waals surface area contributed by atoms with Crippen molar-refractivity contribution in [2.75, 3.05) is 20.1 Å². The normalized spacial score (nSPS) is 33.8. The maximum Gasteiger partial charge on any atom is 0.611 e. The molecule has 2 fully saturated rings. The van der Waals surface area contributed by atoms with Crippen LogP contribution in [0.1, 0.15) is 5.56 Å². The van der Waals surface area contributed by atoms with Crippen molar-refractivity contribution in [2.24, 2.45) is 0 Å². The number of rotatable bonds is 3. The molecule has 0 radical (unpaired) electrons. The molecule has 0 spiro atoms. The molecule has 21 heavy (non-hydrogen) atoms. The van der Waals surface area contributed by atoms with E-state index in [-0.39, 0.29) is 17.5 Å². The predicted octanol–water partition coefficient (Wildman–Crippen LogP) is 0.514. The van der Waals surface area contributed by atoms with Gasteiger partial charge in [-0.2, -0.15) is 0 Å². The van der Waals surface area contributed by atoms with E-state index in [1.807, 2.05) is 6.07 Å². The molecule has 0 saturated carbocycles. The fourth-order valence-corrected chi connectivity index (χ4v) is 4.22. The third-order valence-corrected chi connectivity index (χ3v) is 5.53. The Morgan fingerprint density at radius 3 is 2.19 bits per heavy atom. The lowest BCUT2D eigenvalue weighted by Gasteiger charge is -2.46. The average molecular weight is 354 g/mol. The summed E-state index contributed by atoms with van der Waals surface area (Å²) in [6.07, 6.45) is 0.635. The van der Waals surface area contributed by atoms with E-state index < -0.39 is 22.8 Å². The molecule has 1 aromatic carbocycles. The SMILES string of the molecule is C[N+]12CC(=O)O[B-]1([C@](Br)(C=O)c1ccccc1)OC(=O)C2. The first-order valence-electron chi connectivity index (χ1n) is 6.50. The zero-order chi connectivity index (χ0) is 15.3. The zero-order valence-electron chi connectivity index (χ0n) is 11.3. The number of likely N-dealkylation sites (N-methyl/N-ethyl adjacent to an activating group) is 1. The van der Waals surface area contributed by atoms with E-state index in [0.29, 0.717) is 11.8 Å². The molecule has 3 rings (SSSR count). The third-order valence-electron chi connectivity index (χ3n) is 4.30. The smallest absolute Gasteiger partial charge is 0.599 e. The molecule has 2 aliphatic rings. The maximum atomic E-state index is 11.9. The molecule has 1 atom stereocenters. The highest BCUT2D eigenvalue weighted by molar-refractivity contribution is 9.10. The number of alkyl halides is 1. The van der Waals surface area contributed by atoms with Gasteiger partial charge >= 0.3 is 18.6 Å². The summed E-state index contributed by atoms with van der Waals surface area (Å²) in [5.41, 5.74) is 0.578. The van der Waals surface area contributed by atoms with Crippen LogP contribution >= 0.6 is 15.9 Å². The summed E-state index contributed by atoms with van der Waals surface area (Å²) in [5, 5.41) is 0. The van der Waals surface area contributed by atoms with Gasteiger partial charge in [-0.15, -0.1) is 0 Å². The predicted molar refractivity (Wildman–Crippen MR) is 77.0 cm³/mol. The van der Waals surface area contributed by atoms with Gasteiger partial charge in [0.15, 0.2) is 0 Å². The molecule has 2 heterocycles. The Hall–Kier alpha value is -1.67. The van der Waals surface area contributed by atoms with Crippen LogP contribution in [0.2, 0.25) is 0 Å². The molecule has 6 nitrogen and oxygen atoms in total. The second-order valence-electron chi connectivity index (χ2n) is 5.70. The summed E-state index contributed by atoms with van der Waals surface area (Å²) >= 11 is 3.40. The largest absolute Gasteiger partial charge is 0.611 e. The number of hydrogen-bond acceptors (Lipinski definition) is 5. The number of halogens is 1. The van der Waals surface area contributed by atoms with Crippen LogP contribution in [0, 0.1) is 0 Å². The number of nitrogens with zero attached hydrogens (tertiary/aromatic N) is 1. The van der Waals surface area contributed by atoms with E-state index >= 15 is 0 Å². The van der Waals surface area contributed by atoms with Crippen molar-refractivity contribution in [2.45, 2.75) is 4.22 Å². The van der Waals surface area contributed by atoms with Crippen molar-refractivity contribution >= 4 is 40.8 Å². The lowest BCUT2D eigenvalue weighted by Crippen LogP contribution is -2.70.